The molecule has 5 N–H and O–H groups in total. The van der Waals surface area contributed by atoms with Gasteiger partial charge in [0, 0.05) is 17.8 Å². The second kappa shape index (κ2) is 7.49. The quantitative estimate of drug-likeness (QED) is 0.319. The average molecular weight is 347 g/mol. The van der Waals surface area contributed by atoms with Gasteiger partial charge in [0.05, 0.1) is 17.1 Å². The molecule has 2 atom stereocenters. The lowest BCUT2D eigenvalue weighted by molar-refractivity contribution is -0.384. The van der Waals surface area contributed by atoms with Gasteiger partial charge >= 0.3 is 6.03 Å². The van der Waals surface area contributed by atoms with Gasteiger partial charge in [0.1, 0.15) is 0 Å². The van der Waals surface area contributed by atoms with E-state index in [0.29, 0.717) is 11.3 Å². The Labute approximate surface area is 142 Å². The Kier molecular flexibility index (Phi) is 5.40. The summed E-state index contributed by atoms with van der Waals surface area (Å²) in [6.45, 7) is 1.56. The molecule has 2 amide bonds. The number of amides is 2. The number of carbonyl (C=O) groups is 1. The van der Waals surface area contributed by atoms with Gasteiger partial charge in [0.15, 0.2) is 11.5 Å². The molecule has 0 aliphatic carbocycles. The first kappa shape index (κ1) is 18.0. The number of carbonyl (C=O) groups excluding carboxylic acids is 1. The molecule has 0 saturated carbocycles. The van der Waals surface area contributed by atoms with Gasteiger partial charge in [0.2, 0.25) is 0 Å². The maximum atomic E-state index is 11.9. The Hall–Kier alpha value is -3.33. The maximum absolute atomic E-state index is 11.9. The van der Waals surface area contributed by atoms with Gasteiger partial charge in [-0.15, -0.1) is 0 Å². The Morgan fingerprint density at radius 2 is 1.76 bits per heavy atom. The average Bonchev–Trinajstić information content (AvgIpc) is 2.57. The number of aliphatic hydroxyl groups excluding tert-OH is 1. The van der Waals surface area contributed by atoms with E-state index in [9.17, 15) is 30.2 Å². The lowest BCUT2D eigenvalue weighted by atomic mass is 10.0. The molecule has 0 aliphatic heterocycles. The zero-order valence-electron chi connectivity index (χ0n) is 13.2. The van der Waals surface area contributed by atoms with Crippen molar-refractivity contribution >= 4 is 17.4 Å². The first-order valence-corrected chi connectivity index (χ1v) is 7.30. The van der Waals surface area contributed by atoms with E-state index in [0.717, 1.165) is 0 Å². The molecule has 0 aliphatic rings. The van der Waals surface area contributed by atoms with Crippen molar-refractivity contribution in [3.8, 4) is 11.5 Å². The Morgan fingerprint density at radius 1 is 1.12 bits per heavy atom. The van der Waals surface area contributed by atoms with Crippen LogP contribution in [-0.4, -0.2) is 32.3 Å². The highest BCUT2D eigenvalue weighted by Crippen LogP contribution is 2.28. The highest BCUT2D eigenvalue weighted by molar-refractivity contribution is 5.89. The van der Waals surface area contributed by atoms with Crippen LogP contribution in [0.2, 0.25) is 0 Å². The molecule has 0 aromatic heterocycles. The van der Waals surface area contributed by atoms with Crippen molar-refractivity contribution in [1.82, 2.24) is 5.32 Å². The SMILES string of the molecule is C[C@@H](NC(=O)Nc1ccc([N+](=O)[O-])cc1)[C@H](O)c1ccc(O)c(O)c1. The molecule has 0 unspecified atom stereocenters. The number of non-ortho nitro benzene ring substituents is 1. The van der Waals surface area contributed by atoms with Gasteiger partial charge in [0.25, 0.3) is 5.69 Å². The van der Waals surface area contributed by atoms with Crippen LogP contribution in [0.4, 0.5) is 16.2 Å². The molecule has 0 heterocycles. The molecule has 0 bridgehead atoms. The van der Waals surface area contributed by atoms with E-state index in [1.165, 1.54) is 42.5 Å². The van der Waals surface area contributed by atoms with Crippen LogP contribution in [-0.2, 0) is 0 Å². The third-order valence-electron chi connectivity index (χ3n) is 3.51. The summed E-state index contributed by atoms with van der Waals surface area (Å²) < 4.78 is 0. The van der Waals surface area contributed by atoms with E-state index >= 15 is 0 Å². The van der Waals surface area contributed by atoms with Gasteiger partial charge in [-0.05, 0) is 36.8 Å². The molecule has 9 heteroatoms. The lowest BCUT2D eigenvalue weighted by Gasteiger charge is -2.21. The minimum atomic E-state index is -1.12. The third kappa shape index (κ3) is 4.58. The molecule has 0 fully saturated rings. The first-order chi connectivity index (χ1) is 11.8. The second-order valence-electron chi connectivity index (χ2n) is 5.38. The van der Waals surface area contributed by atoms with Gasteiger partial charge in [-0.2, -0.15) is 0 Å². The number of rotatable bonds is 5. The number of nitrogens with zero attached hydrogens (tertiary/aromatic N) is 1. The number of phenolic OH excluding ortho intramolecular Hbond substituents is 2. The van der Waals surface area contributed by atoms with E-state index in [1.807, 2.05) is 0 Å². The summed E-state index contributed by atoms with van der Waals surface area (Å²) in [6.07, 6.45) is -1.12. The standard InChI is InChI=1S/C16H17N3O6/c1-9(15(22)10-2-7-13(20)14(21)8-10)17-16(23)18-11-3-5-12(6-4-11)19(24)25/h2-9,15,20-22H,1H3,(H2,17,18,23)/t9-,15+/m1/s1. The number of nitro groups is 1. The van der Waals surface area contributed by atoms with E-state index in [-0.39, 0.29) is 17.2 Å². The first-order valence-electron chi connectivity index (χ1n) is 7.30. The number of hydrogen-bond donors (Lipinski definition) is 5. The highest BCUT2D eigenvalue weighted by Gasteiger charge is 2.19. The van der Waals surface area contributed by atoms with Crippen molar-refractivity contribution in [3.05, 3.63) is 58.1 Å². The molecular weight excluding hydrogens is 330 g/mol. The number of aliphatic hydroxyl groups is 1. The van der Waals surface area contributed by atoms with Crippen molar-refractivity contribution in [2.75, 3.05) is 5.32 Å². The fraction of sp³-hybridized carbons (Fsp3) is 0.188. The zero-order chi connectivity index (χ0) is 18.6. The summed E-state index contributed by atoms with van der Waals surface area (Å²) in [5.74, 6) is -0.688. The lowest BCUT2D eigenvalue weighted by Crippen LogP contribution is -2.39. The maximum Gasteiger partial charge on any atom is 0.319 e. The number of nitrogens with one attached hydrogen (secondary N) is 2. The number of nitro benzene ring substituents is 1. The monoisotopic (exact) mass is 347 g/mol. The minimum absolute atomic E-state index is 0.0955. The van der Waals surface area contributed by atoms with Crippen LogP contribution < -0.4 is 10.6 Å². The molecule has 0 spiro atoms. The van der Waals surface area contributed by atoms with Crippen molar-refractivity contribution < 1.29 is 25.0 Å². The van der Waals surface area contributed by atoms with Gasteiger partial charge in [-0.25, -0.2) is 4.79 Å². The number of hydrogen-bond acceptors (Lipinski definition) is 6. The summed E-state index contributed by atoms with van der Waals surface area (Å²) >= 11 is 0. The topological polar surface area (TPSA) is 145 Å². The summed E-state index contributed by atoms with van der Waals surface area (Å²) in [6, 6.07) is 7.83. The Morgan fingerprint density at radius 3 is 2.32 bits per heavy atom. The summed E-state index contributed by atoms with van der Waals surface area (Å²) in [7, 11) is 0. The number of anilines is 1. The van der Waals surface area contributed by atoms with Crippen molar-refractivity contribution in [3.63, 3.8) is 0 Å². The van der Waals surface area contributed by atoms with E-state index < -0.39 is 23.1 Å². The number of benzene rings is 2. The fourth-order valence-electron chi connectivity index (χ4n) is 2.13. The van der Waals surface area contributed by atoms with Crippen LogP contribution in [0, 0.1) is 10.1 Å². The van der Waals surface area contributed by atoms with Crippen LogP contribution in [0.15, 0.2) is 42.5 Å². The Balaban J connectivity index is 1.96. The van der Waals surface area contributed by atoms with Gasteiger partial charge in [-0.3, -0.25) is 10.1 Å². The normalized spacial score (nSPS) is 12.9. The zero-order valence-corrected chi connectivity index (χ0v) is 13.2. The number of urea groups is 1. The van der Waals surface area contributed by atoms with Crippen molar-refractivity contribution in [2.45, 2.75) is 19.1 Å². The smallest absolute Gasteiger partial charge is 0.319 e. The van der Waals surface area contributed by atoms with Crippen LogP contribution in [0.25, 0.3) is 0 Å². The predicted octanol–water partition coefficient (Wildman–Crippen LogP) is 2.25. The number of phenols is 2. The molecule has 2 rings (SSSR count). The largest absolute Gasteiger partial charge is 0.504 e. The summed E-state index contributed by atoms with van der Waals surface area (Å²) in [5.41, 5.74) is 0.576. The van der Waals surface area contributed by atoms with Gasteiger partial charge < -0.3 is 26.0 Å². The van der Waals surface area contributed by atoms with Crippen molar-refractivity contribution in [2.24, 2.45) is 0 Å². The minimum Gasteiger partial charge on any atom is -0.504 e. The van der Waals surface area contributed by atoms with Gasteiger partial charge in [-0.1, -0.05) is 6.07 Å². The van der Waals surface area contributed by atoms with Crippen molar-refractivity contribution in [1.29, 1.82) is 0 Å². The molecule has 25 heavy (non-hydrogen) atoms. The van der Waals surface area contributed by atoms with Crippen LogP contribution >= 0.6 is 0 Å². The molecule has 9 nitrogen and oxygen atoms in total. The molecule has 0 saturated heterocycles. The second-order valence-corrected chi connectivity index (χ2v) is 5.38. The molecule has 132 valence electrons. The molecular formula is C16H17N3O6. The summed E-state index contributed by atoms with van der Waals surface area (Å²) in [4.78, 5) is 22.0. The number of aromatic hydroxyl groups is 2. The molecule has 2 aromatic rings. The van der Waals surface area contributed by atoms with E-state index in [2.05, 4.69) is 10.6 Å². The fourth-order valence-corrected chi connectivity index (χ4v) is 2.13. The summed E-state index contributed by atoms with van der Waals surface area (Å²) in [5, 5.41) is 44.5. The molecule has 2 aromatic carbocycles. The molecule has 0 radical (unpaired) electrons. The van der Waals surface area contributed by atoms with Crippen LogP contribution in [0.3, 0.4) is 0 Å². The van der Waals surface area contributed by atoms with E-state index in [4.69, 9.17) is 0 Å². The predicted molar refractivity (Wildman–Crippen MR) is 89.4 cm³/mol. The Bertz CT molecular complexity index is 778. The van der Waals surface area contributed by atoms with E-state index in [1.54, 1.807) is 6.92 Å². The highest BCUT2D eigenvalue weighted by atomic mass is 16.6. The third-order valence-corrected chi connectivity index (χ3v) is 3.51. The van der Waals surface area contributed by atoms with Crippen LogP contribution in [0.5, 0.6) is 11.5 Å². The van der Waals surface area contributed by atoms with Crippen LogP contribution in [0.1, 0.15) is 18.6 Å².